The van der Waals surface area contributed by atoms with Gasteiger partial charge < -0.3 is 19.7 Å². The maximum atomic E-state index is 12.5. The van der Waals surface area contributed by atoms with Crippen LogP contribution >= 0.6 is 0 Å². The Kier molecular flexibility index (Phi) is 5.11. The quantitative estimate of drug-likeness (QED) is 0.916. The molecule has 0 bridgehead atoms. The molecule has 1 N–H and O–H groups in total. The minimum absolute atomic E-state index is 0.0814. The Labute approximate surface area is 152 Å². The first-order valence-electron chi connectivity index (χ1n) is 8.48. The van der Waals surface area contributed by atoms with Crippen LogP contribution in [0.3, 0.4) is 0 Å². The Balaban J connectivity index is 1.76. The molecule has 0 unspecified atom stereocenters. The summed E-state index contributed by atoms with van der Waals surface area (Å²) in [6, 6.07) is 11.0. The van der Waals surface area contributed by atoms with Crippen molar-refractivity contribution in [2.45, 2.75) is 20.8 Å². The van der Waals surface area contributed by atoms with Crippen LogP contribution in [-0.2, 0) is 9.59 Å². The fraction of sp³-hybridized carbons (Fsp3) is 0.300. The van der Waals surface area contributed by atoms with Gasteiger partial charge in [-0.3, -0.25) is 9.59 Å². The lowest BCUT2D eigenvalue weighted by atomic mass is 10.1. The Bertz CT molecular complexity index is 827. The summed E-state index contributed by atoms with van der Waals surface area (Å²) in [4.78, 5) is 25.9. The third kappa shape index (κ3) is 4.14. The minimum Gasteiger partial charge on any atom is -0.486 e. The molecular weight excluding hydrogens is 332 g/mol. The summed E-state index contributed by atoms with van der Waals surface area (Å²) in [6.45, 7) is 6.26. The number of aryl methyl sites for hydroxylation is 2. The molecule has 0 spiro atoms. The van der Waals surface area contributed by atoms with Crippen LogP contribution in [0.25, 0.3) is 0 Å². The van der Waals surface area contributed by atoms with Gasteiger partial charge in [0.25, 0.3) is 0 Å². The van der Waals surface area contributed by atoms with E-state index in [9.17, 15) is 9.59 Å². The van der Waals surface area contributed by atoms with Gasteiger partial charge in [-0.2, -0.15) is 0 Å². The highest BCUT2D eigenvalue weighted by atomic mass is 16.6. The second-order valence-electron chi connectivity index (χ2n) is 6.36. The highest BCUT2D eigenvalue weighted by molar-refractivity contribution is 6.02. The number of hydrogen-bond acceptors (Lipinski definition) is 4. The molecule has 0 radical (unpaired) electrons. The predicted molar refractivity (Wildman–Crippen MR) is 100 cm³/mol. The lowest BCUT2D eigenvalue weighted by Crippen LogP contribution is -2.36. The van der Waals surface area contributed by atoms with Crippen LogP contribution < -0.4 is 19.7 Å². The van der Waals surface area contributed by atoms with Gasteiger partial charge in [-0.15, -0.1) is 0 Å². The molecular formula is C20H22N2O4. The van der Waals surface area contributed by atoms with Gasteiger partial charge in [0.15, 0.2) is 11.5 Å². The maximum absolute atomic E-state index is 12.5. The third-order valence-electron chi connectivity index (χ3n) is 4.02. The van der Waals surface area contributed by atoms with Crippen LogP contribution in [0.4, 0.5) is 11.4 Å². The van der Waals surface area contributed by atoms with Gasteiger partial charge >= 0.3 is 0 Å². The molecule has 136 valence electrons. The number of benzene rings is 2. The van der Waals surface area contributed by atoms with Crippen molar-refractivity contribution in [3.63, 3.8) is 0 Å². The van der Waals surface area contributed by atoms with Crippen LogP contribution in [-0.4, -0.2) is 31.6 Å². The molecule has 3 rings (SSSR count). The van der Waals surface area contributed by atoms with Crippen molar-refractivity contribution in [3.8, 4) is 11.5 Å². The molecule has 0 atom stereocenters. The fourth-order valence-electron chi connectivity index (χ4n) is 2.98. The molecule has 6 heteroatoms. The van der Waals surface area contributed by atoms with Crippen LogP contribution in [0, 0.1) is 13.8 Å². The smallest absolute Gasteiger partial charge is 0.244 e. The first kappa shape index (κ1) is 17.8. The van der Waals surface area contributed by atoms with Crippen molar-refractivity contribution < 1.29 is 19.1 Å². The van der Waals surface area contributed by atoms with Gasteiger partial charge in [-0.25, -0.2) is 0 Å². The Morgan fingerprint density at radius 3 is 2.31 bits per heavy atom. The van der Waals surface area contributed by atoms with Gasteiger partial charge in [0.2, 0.25) is 11.8 Å². The molecule has 0 aromatic heterocycles. The summed E-state index contributed by atoms with van der Waals surface area (Å²) in [5, 5.41) is 2.85. The SMILES string of the molecule is CC(=O)N(CC(=O)Nc1cc(C)cc(C)c1)c1ccc2c(c1)OCCO2. The molecule has 0 fully saturated rings. The van der Waals surface area contributed by atoms with E-state index in [4.69, 9.17) is 9.47 Å². The first-order chi connectivity index (χ1) is 12.4. The standard InChI is InChI=1S/C20H22N2O4/c1-13-8-14(2)10-16(9-13)21-20(24)12-22(15(3)23)17-4-5-18-19(11-17)26-7-6-25-18/h4-5,8-11H,6-7,12H2,1-3H3,(H,21,24). The topological polar surface area (TPSA) is 67.9 Å². The van der Waals surface area contributed by atoms with Crippen molar-refractivity contribution in [1.29, 1.82) is 0 Å². The van der Waals surface area contributed by atoms with Gasteiger partial charge in [0.1, 0.15) is 19.8 Å². The van der Waals surface area contributed by atoms with E-state index in [1.807, 2.05) is 32.0 Å². The number of ether oxygens (including phenoxy) is 2. The Morgan fingerprint density at radius 1 is 1.00 bits per heavy atom. The second kappa shape index (κ2) is 7.47. The third-order valence-corrected chi connectivity index (χ3v) is 4.02. The number of carbonyl (C=O) groups is 2. The zero-order chi connectivity index (χ0) is 18.7. The van der Waals surface area contributed by atoms with Gasteiger partial charge in [0, 0.05) is 24.4 Å². The van der Waals surface area contributed by atoms with Crippen LogP contribution in [0.2, 0.25) is 0 Å². The molecule has 2 amide bonds. The van der Waals surface area contributed by atoms with E-state index in [0.29, 0.717) is 30.4 Å². The molecule has 2 aromatic rings. The van der Waals surface area contributed by atoms with E-state index >= 15 is 0 Å². The summed E-state index contributed by atoms with van der Waals surface area (Å²) in [5.41, 5.74) is 3.45. The number of fused-ring (bicyclic) bond motifs is 1. The van der Waals surface area contributed by atoms with Crippen molar-refractivity contribution >= 4 is 23.2 Å². The molecule has 0 saturated carbocycles. The molecule has 0 aliphatic carbocycles. The summed E-state index contributed by atoms with van der Waals surface area (Å²) in [6.07, 6.45) is 0. The van der Waals surface area contributed by atoms with E-state index in [2.05, 4.69) is 5.32 Å². The predicted octanol–water partition coefficient (Wildman–Crippen LogP) is 3.07. The number of nitrogens with zero attached hydrogens (tertiary/aromatic N) is 1. The molecule has 1 aliphatic heterocycles. The van der Waals surface area contributed by atoms with E-state index in [1.165, 1.54) is 11.8 Å². The van der Waals surface area contributed by atoms with Crippen molar-refractivity contribution in [1.82, 2.24) is 0 Å². The van der Waals surface area contributed by atoms with Gasteiger partial charge in [0.05, 0.1) is 0 Å². The van der Waals surface area contributed by atoms with E-state index < -0.39 is 0 Å². The highest BCUT2D eigenvalue weighted by Gasteiger charge is 2.19. The van der Waals surface area contributed by atoms with Crippen molar-refractivity contribution in [2.24, 2.45) is 0 Å². The number of anilines is 2. The molecule has 1 heterocycles. The normalized spacial score (nSPS) is 12.4. The van der Waals surface area contributed by atoms with Crippen LogP contribution in [0.15, 0.2) is 36.4 Å². The van der Waals surface area contributed by atoms with E-state index in [-0.39, 0.29) is 18.4 Å². The summed E-state index contributed by atoms with van der Waals surface area (Å²) < 4.78 is 11.1. The molecule has 6 nitrogen and oxygen atoms in total. The van der Waals surface area contributed by atoms with Gasteiger partial charge in [-0.1, -0.05) is 6.07 Å². The average molecular weight is 354 g/mol. The number of nitrogens with one attached hydrogen (secondary N) is 1. The number of amides is 2. The number of carbonyl (C=O) groups excluding carboxylic acids is 2. The average Bonchev–Trinajstić information content (AvgIpc) is 2.58. The lowest BCUT2D eigenvalue weighted by Gasteiger charge is -2.24. The van der Waals surface area contributed by atoms with E-state index in [1.54, 1.807) is 18.2 Å². The summed E-state index contributed by atoms with van der Waals surface area (Å²) in [5.74, 6) is 0.732. The first-order valence-corrected chi connectivity index (χ1v) is 8.48. The van der Waals surface area contributed by atoms with Crippen LogP contribution in [0.5, 0.6) is 11.5 Å². The van der Waals surface area contributed by atoms with Crippen molar-refractivity contribution in [3.05, 3.63) is 47.5 Å². The van der Waals surface area contributed by atoms with Crippen molar-refractivity contribution in [2.75, 3.05) is 30.0 Å². The van der Waals surface area contributed by atoms with E-state index in [0.717, 1.165) is 16.8 Å². The molecule has 1 aliphatic rings. The lowest BCUT2D eigenvalue weighted by molar-refractivity contribution is -0.120. The monoisotopic (exact) mass is 354 g/mol. The minimum atomic E-state index is -0.264. The molecule has 2 aromatic carbocycles. The number of hydrogen-bond donors (Lipinski definition) is 1. The zero-order valence-electron chi connectivity index (χ0n) is 15.2. The highest BCUT2D eigenvalue weighted by Crippen LogP contribution is 2.34. The van der Waals surface area contributed by atoms with Gasteiger partial charge in [-0.05, 0) is 49.2 Å². The second-order valence-corrected chi connectivity index (χ2v) is 6.36. The maximum Gasteiger partial charge on any atom is 0.244 e. The largest absolute Gasteiger partial charge is 0.486 e. The number of rotatable bonds is 4. The molecule has 26 heavy (non-hydrogen) atoms. The Hall–Kier alpha value is -3.02. The van der Waals surface area contributed by atoms with Crippen LogP contribution in [0.1, 0.15) is 18.1 Å². The fourth-order valence-corrected chi connectivity index (χ4v) is 2.98. The summed E-state index contributed by atoms with van der Waals surface area (Å²) >= 11 is 0. The Morgan fingerprint density at radius 2 is 1.65 bits per heavy atom. The zero-order valence-corrected chi connectivity index (χ0v) is 15.2. The molecule has 0 saturated heterocycles. The summed E-state index contributed by atoms with van der Waals surface area (Å²) in [7, 11) is 0.